The van der Waals surface area contributed by atoms with Crippen LogP contribution in [0.2, 0.25) is 5.02 Å². The van der Waals surface area contributed by atoms with Gasteiger partial charge in [-0.1, -0.05) is 48.0 Å². The second-order valence-corrected chi connectivity index (χ2v) is 8.93. The van der Waals surface area contributed by atoms with Crippen LogP contribution in [-0.4, -0.2) is 30.4 Å². The van der Waals surface area contributed by atoms with Crippen LogP contribution in [0.25, 0.3) is 0 Å². The number of nitrogens with zero attached hydrogens (tertiary/aromatic N) is 1. The van der Waals surface area contributed by atoms with Gasteiger partial charge in [-0.15, -0.1) is 0 Å². The van der Waals surface area contributed by atoms with E-state index in [4.69, 9.17) is 11.6 Å². The predicted octanol–water partition coefficient (Wildman–Crippen LogP) is 2.73. The molecule has 1 aliphatic heterocycles. The zero-order valence-corrected chi connectivity index (χ0v) is 16.1. The molecule has 0 saturated carbocycles. The van der Waals surface area contributed by atoms with Crippen molar-refractivity contribution in [2.75, 3.05) is 5.75 Å². The first-order valence-electron chi connectivity index (χ1n) is 8.49. The third kappa shape index (κ3) is 4.09. The van der Waals surface area contributed by atoms with Gasteiger partial charge in [0.05, 0.1) is 5.75 Å². The Morgan fingerprint density at radius 1 is 1.19 bits per heavy atom. The molecular formula is C19H21ClN2O3S. The molecule has 0 bridgehead atoms. The van der Waals surface area contributed by atoms with Crippen molar-refractivity contribution in [1.29, 1.82) is 0 Å². The number of fused-ring (bicyclic) bond motifs is 1. The highest BCUT2D eigenvalue weighted by molar-refractivity contribution is 7.89. The molecule has 0 saturated heterocycles. The van der Waals surface area contributed by atoms with Gasteiger partial charge < -0.3 is 5.32 Å². The monoisotopic (exact) mass is 392 g/mol. The van der Waals surface area contributed by atoms with Gasteiger partial charge in [0.15, 0.2) is 0 Å². The van der Waals surface area contributed by atoms with Crippen molar-refractivity contribution in [2.24, 2.45) is 0 Å². The molecule has 26 heavy (non-hydrogen) atoms. The van der Waals surface area contributed by atoms with Crippen molar-refractivity contribution in [3.63, 3.8) is 0 Å². The number of benzene rings is 2. The topological polar surface area (TPSA) is 66.5 Å². The van der Waals surface area contributed by atoms with Gasteiger partial charge in [0.25, 0.3) is 0 Å². The van der Waals surface area contributed by atoms with Crippen LogP contribution in [0.1, 0.15) is 23.6 Å². The number of amides is 1. The Bertz CT molecular complexity index is 915. The quantitative estimate of drug-likeness (QED) is 0.850. The van der Waals surface area contributed by atoms with Gasteiger partial charge in [-0.3, -0.25) is 4.79 Å². The van der Waals surface area contributed by atoms with Gasteiger partial charge in [-0.25, -0.2) is 8.42 Å². The molecule has 0 aromatic heterocycles. The zero-order chi connectivity index (χ0) is 18.7. The molecule has 1 amide bonds. The Balaban J connectivity index is 1.81. The molecule has 3 rings (SSSR count). The molecule has 2 aromatic carbocycles. The number of carbonyl (C=O) groups excluding carboxylic acids is 1. The van der Waals surface area contributed by atoms with Crippen LogP contribution >= 0.6 is 11.6 Å². The SMILES string of the molecule is CCS(=O)(=O)N1Cc2ccccc2CC1C(=O)NCc1cccc(Cl)c1. The lowest BCUT2D eigenvalue weighted by Crippen LogP contribution is -2.52. The number of sulfonamides is 1. The summed E-state index contributed by atoms with van der Waals surface area (Å²) in [6, 6.07) is 14.1. The third-order valence-electron chi connectivity index (χ3n) is 4.59. The molecule has 1 unspecified atom stereocenters. The summed E-state index contributed by atoms with van der Waals surface area (Å²) in [7, 11) is -3.50. The van der Waals surface area contributed by atoms with Gasteiger partial charge in [-0.05, 0) is 42.2 Å². The van der Waals surface area contributed by atoms with Crippen LogP contribution in [0.15, 0.2) is 48.5 Å². The van der Waals surface area contributed by atoms with Gasteiger partial charge in [0, 0.05) is 18.1 Å². The lowest BCUT2D eigenvalue weighted by molar-refractivity contribution is -0.125. The minimum Gasteiger partial charge on any atom is -0.351 e. The molecule has 1 atom stereocenters. The molecule has 0 aliphatic carbocycles. The molecule has 1 N–H and O–H groups in total. The Morgan fingerprint density at radius 3 is 2.62 bits per heavy atom. The number of rotatable bonds is 5. The summed E-state index contributed by atoms with van der Waals surface area (Å²) in [5, 5.41) is 3.45. The summed E-state index contributed by atoms with van der Waals surface area (Å²) in [5.41, 5.74) is 2.83. The number of halogens is 1. The minimum atomic E-state index is -3.50. The number of carbonyl (C=O) groups is 1. The number of hydrogen-bond donors (Lipinski definition) is 1. The van der Waals surface area contributed by atoms with Crippen molar-refractivity contribution in [1.82, 2.24) is 9.62 Å². The highest BCUT2D eigenvalue weighted by Gasteiger charge is 2.37. The molecule has 1 heterocycles. The molecular weight excluding hydrogens is 372 g/mol. The van der Waals surface area contributed by atoms with Crippen molar-refractivity contribution in [2.45, 2.75) is 32.5 Å². The first-order chi connectivity index (χ1) is 12.4. The maximum Gasteiger partial charge on any atom is 0.239 e. The molecule has 0 spiro atoms. The van der Waals surface area contributed by atoms with Crippen molar-refractivity contribution >= 4 is 27.5 Å². The van der Waals surface area contributed by atoms with E-state index in [9.17, 15) is 13.2 Å². The molecule has 5 nitrogen and oxygen atoms in total. The molecule has 2 aromatic rings. The molecule has 7 heteroatoms. The van der Waals surface area contributed by atoms with Crippen molar-refractivity contribution < 1.29 is 13.2 Å². The minimum absolute atomic E-state index is 0.0345. The summed E-state index contributed by atoms with van der Waals surface area (Å²) >= 11 is 5.97. The number of hydrogen-bond acceptors (Lipinski definition) is 3. The summed E-state index contributed by atoms with van der Waals surface area (Å²) in [6.07, 6.45) is 0.372. The normalized spacial score (nSPS) is 17.5. The van der Waals surface area contributed by atoms with Gasteiger partial charge >= 0.3 is 0 Å². The lowest BCUT2D eigenvalue weighted by Gasteiger charge is -2.34. The highest BCUT2D eigenvalue weighted by atomic mass is 35.5. The van der Waals surface area contributed by atoms with Crippen LogP contribution < -0.4 is 5.32 Å². The van der Waals surface area contributed by atoms with E-state index in [1.165, 1.54) is 4.31 Å². The van der Waals surface area contributed by atoms with E-state index in [-0.39, 0.29) is 18.2 Å². The summed E-state index contributed by atoms with van der Waals surface area (Å²) in [5.74, 6) is -0.329. The molecule has 0 fully saturated rings. The molecule has 1 aliphatic rings. The molecule has 0 radical (unpaired) electrons. The average Bonchev–Trinajstić information content (AvgIpc) is 2.65. The fourth-order valence-corrected chi connectivity index (χ4v) is 4.57. The predicted molar refractivity (Wildman–Crippen MR) is 102 cm³/mol. The Kier molecular flexibility index (Phi) is 5.65. The van der Waals surface area contributed by atoms with Crippen LogP contribution in [-0.2, 0) is 34.3 Å². The fraction of sp³-hybridized carbons (Fsp3) is 0.316. The Labute approximate surface area is 159 Å². The van der Waals surface area contributed by atoms with Crippen LogP contribution in [0.3, 0.4) is 0 Å². The van der Waals surface area contributed by atoms with E-state index in [1.54, 1.807) is 19.1 Å². The van der Waals surface area contributed by atoms with Gasteiger partial charge in [-0.2, -0.15) is 4.31 Å². The van der Waals surface area contributed by atoms with Crippen LogP contribution in [0, 0.1) is 0 Å². The fourth-order valence-electron chi connectivity index (χ4n) is 3.13. The second kappa shape index (κ2) is 7.78. The van der Waals surface area contributed by atoms with E-state index in [0.29, 0.717) is 18.0 Å². The lowest BCUT2D eigenvalue weighted by atomic mass is 9.95. The van der Waals surface area contributed by atoms with Crippen molar-refractivity contribution in [3.8, 4) is 0 Å². The second-order valence-electron chi connectivity index (χ2n) is 6.28. The largest absolute Gasteiger partial charge is 0.351 e. The van der Waals surface area contributed by atoms with Gasteiger partial charge in [0.2, 0.25) is 15.9 Å². The van der Waals surface area contributed by atoms with Gasteiger partial charge in [0.1, 0.15) is 6.04 Å². The van der Waals surface area contributed by atoms with E-state index >= 15 is 0 Å². The smallest absolute Gasteiger partial charge is 0.239 e. The van der Waals surface area contributed by atoms with E-state index in [2.05, 4.69) is 5.32 Å². The maximum absolute atomic E-state index is 12.8. The Hall–Kier alpha value is -1.89. The Morgan fingerprint density at radius 2 is 1.92 bits per heavy atom. The summed E-state index contributed by atoms with van der Waals surface area (Å²) < 4.78 is 26.4. The highest BCUT2D eigenvalue weighted by Crippen LogP contribution is 2.26. The van der Waals surface area contributed by atoms with Crippen molar-refractivity contribution in [3.05, 3.63) is 70.2 Å². The third-order valence-corrected chi connectivity index (χ3v) is 6.65. The first-order valence-corrected chi connectivity index (χ1v) is 10.5. The van der Waals surface area contributed by atoms with E-state index in [1.807, 2.05) is 36.4 Å². The molecule has 138 valence electrons. The van der Waals surface area contributed by atoms with E-state index < -0.39 is 16.1 Å². The first kappa shape index (κ1) is 18.9. The zero-order valence-electron chi connectivity index (χ0n) is 14.5. The maximum atomic E-state index is 12.8. The standard InChI is InChI=1S/C19H21ClN2O3S/c1-2-26(24,25)22-13-16-8-4-3-7-15(16)11-18(22)19(23)21-12-14-6-5-9-17(20)10-14/h3-10,18H,2,11-13H2,1H3,(H,21,23). The number of nitrogens with one attached hydrogen (secondary N) is 1. The summed E-state index contributed by atoms with van der Waals surface area (Å²) in [4.78, 5) is 12.8. The summed E-state index contributed by atoms with van der Waals surface area (Å²) in [6.45, 7) is 2.12. The van der Waals surface area contributed by atoms with E-state index in [0.717, 1.165) is 16.7 Å². The average molecular weight is 393 g/mol. The van der Waals surface area contributed by atoms with Crippen LogP contribution in [0.5, 0.6) is 0 Å². The van der Waals surface area contributed by atoms with Crippen LogP contribution in [0.4, 0.5) is 0 Å².